The standard InChI is InChI=1S/C13H14O3/c1-8(13(14)15)10-6-9-4-3-5-12(16-2)11(9)7-10/h3-6,8H,7H2,1-2H3,(H,14,15). The van der Waals surface area contributed by atoms with E-state index in [1.54, 1.807) is 14.0 Å². The molecule has 16 heavy (non-hydrogen) atoms. The molecule has 1 unspecified atom stereocenters. The Balaban J connectivity index is 2.33. The number of aliphatic carboxylic acids is 1. The fourth-order valence-corrected chi connectivity index (χ4v) is 1.99. The number of fused-ring (bicyclic) bond motifs is 1. The summed E-state index contributed by atoms with van der Waals surface area (Å²) in [5.74, 6) is -0.378. The number of rotatable bonds is 3. The minimum absolute atomic E-state index is 0.433. The molecule has 0 aliphatic heterocycles. The fraction of sp³-hybridized carbons (Fsp3) is 0.308. The molecule has 0 radical (unpaired) electrons. The highest BCUT2D eigenvalue weighted by Gasteiger charge is 2.24. The molecule has 0 fully saturated rings. The van der Waals surface area contributed by atoms with E-state index in [-0.39, 0.29) is 0 Å². The van der Waals surface area contributed by atoms with E-state index in [0.717, 1.165) is 22.4 Å². The van der Waals surface area contributed by atoms with E-state index in [4.69, 9.17) is 9.84 Å². The monoisotopic (exact) mass is 218 g/mol. The first-order valence-electron chi connectivity index (χ1n) is 5.22. The molecule has 1 atom stereocenters. The molecule has 1 aromatic carbocycles. The summed E-state index contributed by atoms with van der Waals surface area (Å²) >= 11 is 0. The molecular weight excluding hydrogens is 204 g/mol. The third kappa shape index (κ3) is 1.69. The molecule has 1 aliphatic rings. The summed E-state index contributed by atoms with van der Waals surface area (Å²) in [5, 5.41) is 8.98. The lowest BCUT2D eigenvalue weighted by atomic mass is 9.99. The van der Waals surface area contributed by atoms with Crippen LogP contribution in [0.3, 0.4) is 0 Å². The molecule has 0 saturated heterocycles. The average Bonchev–Trinajstić information content (AvgIpc) is 2.70. The quantitative estimate of drug-likeness (QED) is 0.847. The van der Waals surface area contributed by atoms with Crippen molar-refractivity contribution in [2.45, 2.75) is 13.3 Å². The second-order valence-corrected chi connectivity index (χ2v) is 3.98. The van der Waals surface area contributed by atoms with Gasteiger partial charge in [-0.05, 0) is 25.0 Å². The van der Waals surface area contributed by atoms with E-state index >= 15 is 0 Å². The number of ether oxygens (including phenoxy) is 1. The zero-order valence-corrected chi connectivity index (χ0v) is 9.36. The second kappa shape index (κ2) is 4.00. The Morgan fingerprint density at radius 1 is 1.50 bits per heavy atom. The molecule has 3 heteroatoms. The van der Waals surface area contributed by atoms with Gasteiger partial charge >= 0.3 is 5.97 Å². The van der Waals surface area contributed by atoms with Gasteiger partial charge in [0.15, 0.2) is 0 Å². The molecule has 0 spiro atoms. The van der Waals surface area contributed by atoms with E-state index in [9.17, 15) is 4.79 Å². The second-order valence-electron chi connectivity index (χ2n) is 3.98. The maximum Gasteiger partial charge on any atom is 0.310 e. The Hall–Kier alpha value is -1.77. The lowest BCUT2D eigenvalue weighted by Crippen LogP contribution is -2.12. The molecule has 0 bridgehead atoms. The summed E-state index contributed by atoms with van der Waals surface area (Å²) < 4.78 is 5.26. The van der Waals surface area contributed by atoms with Crippen LogP contribution in [0.25, 0.3) is 6.08 Å². The van der Waals surface area contributed by atoms with Crippen molar-refractivity contribution < 1.29 is 14.6 Å². The summed E-state index contributed by atoms with van der Waals surface area (Å²) in [7, 11) is 1.63. The number of benzene rings is 1. The largest absolute Gasteiger partial charge is 0.496 e. The van der Waals surface area contributed by atoms with Gasteiger partial charge in [-0.2, -0.15) is 0 Å². The topological polar surface area (TPSA) is 46.5 Å². The summed E-state index contributed by atoms with van der Waals surface area (Å²) in [4.78, 5) is 10.9. The van der Waals surface area contributed by atoms with Crippen LogP contribution in [0.5, 0.6) is 5.75 Å². The first-order valence-corrected chi connectivity index (χ1v) is 5.22. The number of carboxylic acids is 1. The molecule has 3 nitrogen and oxygen atoms in total. The molecule has 1 aliphatic carbocycles. The van der Waals surface area contributed by atoms with Crippen molar-refractivity contribution in [3.05, 3.63) is 34.9 Å². The van der Waals surface area contributed by atoms with Crippen LogP contribution < -0.4 is 4.74 Å². The highest BCUT2D eigenvalue weighted by molar-refractivity contribution is 5.79. The van der Waals surface area contributed by atoms with Crippen LogP contribution in [0.15, 0.2) is 23.8 Å². The van der Waals surface area contributed by atoms with Crippen molar-refractivity contribution in [1.82, 2.24) is 0 Å². The van der Waals surface area contributed by atoms with Crippen molar-refractivity contribution in [2.75, 3.05) is 7.11 Å². The molecule has 2 rings (SSSR count). The summed E-state index contributed by atoms with van der Waals surface area (Å²) in [5.41, 5.74) is 3.10. The third-order valence-electron chi connectivity index (χ3n) is 3.04. The summed E-state index contributed by atoms with van der Waals surface area (Å²) in [6, 6.07) is 5.81. The van der Waals surface area contributed by atoms with Gasteiger partial charge in [0.1, 0.15) is 5.75 Å². The lowest BCUT2D eigenvalue weighted by molar-refractivity contribution is -0.139. The van der Waals surface area contributed by atoms with E-state index in [2.05, 4.69) is 0 Å². The molecule has 0 saturated carbocycles. The van der Waals surface area contributed by atoms with Crippen LogP contribution in [0, 0.1) is 5.92 Å². The predicted octanol–water partition coefficient (Wildman–Crippen LogP) is 2.36. The molecule has 0 heterocycles. The number of carboxylic acid groups (broad SMARTS) is 1. The Bertz CT molecular complexity index is 460. The highest BCUT2D eigenvalue weighted by Crippen LogP contribution is 2.35. The van der Waals surface area contributed by atoms with Crippen LogP contribution in [0.4, 0.5) is 0 Å². The van der Waals surface area contributed by atoms with Gasteiger partial charge in [0, 0.05) is 5.56 Å². The normalized spacial score (nSPS) is 15.2. The van der Waals surface area contributed by atoms with Gasteiger partial charge in [-0.1, -0.05) is 23.8 Å². The van der Waals surface area contributed by atoms with Crippen LogP contribution in [-0.2, 0) is 11.2 Å². The smallest absolute Gasteiger partial charge is 0.310 e. The van der Waals surface area contributed by atoms with Crippen LogP contribution >= 0.6 is 0 Å². The minimum atomic E-state index is -0.780. The third-order valence-corrected chi connectivity index (χ3v) is 3.04. The van der Waals surface area contributed by atoms with Crippen LogP contribution in [0.2, 0.25) is 0 Å². The Kier molecular flexibility index (Phi) is 2.69. The van der Waals surface area contributed by atoms with Gasteiger partial charge < -0.3 is 9.84 Å². The molecule has 0 amide bonds. The van der Waals surface area contributed by atoms with Crippen molar-refractivity contribution in [1.29, 1.82) is 0 Å². The summed E-state index contributed by atoms with van der Waals surface area (Å²) in [6.07, 6.45) is 2.63. The van der Waals surface area contributed by atoms with Crippen LogP contribution in [0.1, 0.15) is 18.1 Å². The van der Waals surface area contributed by atoms with Crippen molar-refractivity contribution in [3.8, 4) is 5.75 Å². The molecular formula is C13H14O3. The lowest BCUT2D eigenvalue weighted by Gasteiger charge is -2.09. The maximum absolute atomic E-state index is 10.9. The van der Waals surface area contributed by atoms with Crippen LogP contribution in [-0.4, -0.2) is 18.2 Å². The fourth-order valence-electron chi connectivity index (χ4n) is 1.99. The first-order chi connectivity index (χ1) is 7.63. The zero-order chi connectivity index (χ0) is 11.7. The molecule has 1 aromatic rings. The van der Waals surface area contributed by atoms with Crippen molar-refractivity contribution in [3.63, 3.8) is 0 Å². The SMILES string of the molecule is COc1cccc2c1CC(C(C)C(=O)O)=C2. The Morgan fingerprint density at radius 2 is 2.25 bits per heavy atom. The predicted molar refractivity (Wildman–Crippen MR) is 61.5 cm³/mol. The van der Waals surface area contributed by atoms with E-state index < -0.39 is 11.9 Å². The summed E-state index contributed by atoms with van der Waals surface area (Å²) in [6.45, 7) is 1.71. The molecule has 0 aromatic heterocycles. The van der Waals surface area contributed by atoms with Crippen molar-refractivity contribution >= 4 is 12.0 Å². The average molecular weight is 218 g/mol. The maximum atomic E-state index is 10.9. The van der Waals surface area contributed by atoms with Crippen molar-refractivity contribution in [2.24, 2.45) is 5.92 Å². The first kappa shape index (κ1) is 10.7. The van der Waals surface area contributed by atoms with Gasteiger partial charge in [-0.3, -0.25) is 4.79 Å². The number of carbonyl (C=O) groups is 1. The minimum Gasteiger partial charge on any atom is -0.496 e. The highest BCUT2D eigenvalue weighted by atomic mass is 16.5. The van der Waals surface area contributed by atoms with Gasteiger partial charge in [-0.25, -0.2) is 0 Å². The van der Waals surface area contributed by atoms with Gasteiger partial charge in [-0.15, -0.1) is 0 Å². The van der Waals surface area contributed by atoms with Gasteiger partial charge in [0.05, 0.1) is 13.0 Å². The zero-order valence-electron chi connectivity index (χ0n) is 9.36. The van der Waals surface area contributed by atoms with Gasteiger partial charge in [0.25, 0.3) is 0 Å². The molecule has 1 N–H and O–H groups in total. The Labute approximate surface area is 94.4 Å². The van der Waals surface area contributed by atoms with E-state index in [0.29, 0.717) is 6.42 Å². The van der Waals surface area contributed by atoms with Gasteiger partial charge in [0.2, 0.25) is 0 Å². The molecule has 84 valence electrons. The Morgan fingerprint density at radius 3 is 2.88 bits per heavy atom. The van der Waals surface area contributed by atoms with E-state index in [1.165, 1.54) is 0 Å². The number of hydrogen-bond acceptors (Lipinski definition) is 2. The number of hydrogen-bond donors (Lipinski definition) is 1. The number of methoxy groups -OCH3 is 1. The van der Waals surface area contributed by atoms with E-state index in [1.807, 2.05) is 24.3 Å².